The summed E-state index contributed by atoms with van der Waals surface area (Å²) in [5.41, 5.74) is 6.14. The van der Waals surface area contributed by atoms with Crippen LogP contribution in [0, 0.1) is 0 Å². The summed E-state index contributed by atoms with van der Waals surface area (Å²) < 4.78 is 5.28. The maximum atomic E-state index is 11.2. The number of carboxylic acids is 1. The molecule has 2 aromatic rings. The number of ether oxygens (including phenoxy) is 1. The molecule has 112 valence electrons. The molecule has 3 rings (SSSR count). The summed E-state index contributed by atoms with van der Waals surface area (Å²) in [6.07, 6.45) is 2.14. The molecule has 0 spiro atoms. The predicted octanol–water partition coefficient (Wildman–Crippen LogP) is 4.56. The molecule has 0 saturated heterocycles. The molecule has 0 saturated carbocycles. The number of hydrogen-bond acceptors (Lipinski definition) is 3. The Bertz CT molecular complexity index is 783. The molecule has 0 fully saturated rings. The van der Waals surface area contributed by atoms with Crippen molar-refractivity contribution in [2.45, 2.75) is 13.3 Å². The van der Waals surface area contributed by atoms with Crippen LogP contribution in [0.1, 0.15) is 30.0 Å². The van der Waals surface area contributed by atoms with Crippen LogP contribution >= 0.6 is 11.3 Å². The lowest BCUT2D eigenvalue weighted by Crippen LogP contribution is -1.97. The zero-order valence-electron chi connectivity index (χ0n) is 12.4. The van der Waals surface area contributed by atoms with Gasteiger partial charge in [-0.25, -0.2) is 0 Å². The summed E-state index contributed by atoms with van der Waals surface area (Å²) in [7, 11) is 1.62. The van der Waals surface area contributed by atoms with E-state index >= 15 is 0 Å². The lowest BCUT2D eigenvalue weighted by molar-refractivity contribution is -0.135. The fourth-order valence-electron chi connectivity index (χ4n) is 2.79. The SMILES string of the molecule is COc1ccc2c(c1)C(CC(=O)O)=C(C)/C2=C/c1ccsc1. The molecule has 0 amide bonds. The van der Waals surface area contributed by atoms with Crippen LogP contribution in [0.2, 0.25) is 0 Å². The molecule has 3 nitrogen and oxygen atoms in total. The fourth-order valence-corrected chi connectivity index (χ4v) is 3.41. The summed E-state index contributed by atoms with van der Waals surface area (Å²) in [6.45, 7) is 1.99. The number of aliphatic carboxylic acids is 1. The van der Waals surface area contributed by atoms with Crippen LogP contribution in [0.15, 0.2) is 40.6 Å². The molecule has 1 aromatic heterocycles. The molecule has 0 bridgehead atoms. The highest BCUT2D eigenvalue weighted by Crippen LogP contribution is 2.44. The first-order chi connectivity index (χ1) is 10.6. The molecule has 1 aliphatic rings. The largest absolute Gasteiger partial charge is 0.497 e. The Morgan fingerprint density at radius 1 is 1.32 bits per heavy atom. The second-order valence-electron chi connectivity index (χ2n) is 5.20. The standard InChI is InChI=1S/C18H16O3S/c1-11-15(7-12-5-6-22-10-12)14-4-3-13(21-2)8-17(14)16(11)9-18(19)20/h3-8,10H,9H2,1-2H3,(H,19,20)/b15-7-. The van der Waals surface area contributed by atoms with Gasteiger partial charge in [0.15, 0.2) is 0 Å². The monoisotopic (exact) mass is 312 g/mol. The Labute approximate surface area is 133 Å². The van der Waals surface area contributed by atoms with Crippen LogP contribution in [0.25, 0.3) is 17.2 Å². The van der Waals surface area contributed by atoms with Gasteiger partial charge in [-0.1, -0.05) is 6.07 Å². The van der Waals surface area contributed by atoms with Crippen molar-refractivity contribution in [3.63, 3.8) is 0 Å². The third-order valence-electron chi connectivity index (χ3n) is 3.88. The minimum absolute atomic E-state index is 0.0208. The molecule has 1 N–H and O–H groups in total. The Kier molecular flexibility index (Phi) is 3.86. The highest BCUT2D eigenvalue weighted by atomic mass is 32.1. The first-order valence-corrected chi connectivity index (χ1v) is 7.89. The Balaban J connectivity index is 2.17. The van der Waals surface area contributed by atoms with Crippen molar-refractivity contribution in [1.29, 1.82) is 0 Å². The van der Waals surface area contributed by atoms with Crippen LogP contribution < -0.4 is 4.74 Å². The first kappa shape index (κ1) is 14.6. The molecule has 22 heavy (non-hydrogen) atoms. The molecular formula is C18H16O3S. The van der Waals surface area contributed by atoms with Crippen molar-refractivity contribution in [2.24, 2.45) is 0 Å². The molecule has 1 aliphatic carbocycles. The van der Waals surface area contributed by atoms with Crippen LogP contribution in [-0.4, -0.2) is 18.2 Å². The molecule has 0 radical (unpaired) electrons. The second kappa shape index (κ2) is 5.81. The van der Waals surface area contributed by atoms with Crippen LogP contribution in [-0.2, 0) is 4.79 Å². The topological polar surface area (TPSA) is 46.5 Å². The zero-order valence-corrected chi connectivity index (χ0v) is 13.2. The number of carboxylic acid groups (broad SMARTS) is 1. The van der Waals surface area contributed by atoms with Gasteiger partial charge in [-0.3, -0.25) is 4.79 Å². The van der Waals surface area contributed by atoms with E-state index in [1.165, 1.54) is 0 Å². The quantitative estimate of drug-likeness (QED) is 0.900. The van der Waals surface area contributed by atoms with Crippen molar-refractivity contribution in [3.05, 3.63) is 57.3 Å². The number of rotatable bonds is 4. The maximum Gasteiger partial charge on any atom is 0.307 e. The number of carbonyl (C=O) groups is 1. The van der Waals surface area contributed by atoms with Gasteiger partial charge in [0.1, 0.15) is 5.75 Å². The Morgan fingerprint density at radius 3 is 2.77 bits per heavy atom. The molecule has 0 unspecified atom stereocenters. The van der Waals surface area contributed by atoms with E-state index in [0.717, 1.165) is 39.2 Å². The van der Waals surface area contributed by atoms with E-state index in [1.807, 2.05) is 30.5 Å². The average molecular weight is 312 g/mol. The highest BCUT2D eigenvalue weighted by Gasteiger charge is 2.25. The summed E-state index contributed by atoms with van der Waals surface area (Å²) in [4.78, 5) is 11.2. The minimum atomic E-state index is -0.820. The van der Waals surface area contributed by atoms with Gasteiger partial charge in [-0.2, -0.15) is 11.3 Å². The van der Waals surface area contributed by atoms with E-state index in [1.54, 1.807) is 18.4 Å². The molecule has 0 aliphatic heterocycles. The number of fused-ring (bicyclic) bond motifs is 1. The highest BCUT2D eigenvalue weighted by molar-refractivity contribution is 7.08. The zero-order chi connectivity index (χ0) is 15.7. The minimum Gasteiger partial charge on any atom is -0.497 e. The van der Waals surface area contributed by atoms with E-state index in [4.69, 9.17) is 4.74 Å². The van der Waals surface area contributed by atoms with Crippen LogP contribution in [0.4, 0.5) is 0 Å². The summed E-state index contributed by atoms with van der Waals surface area (Å²) >= 11 is 1.65. The smallest absolute Gasteiger partial charge is 0.307 e. The molecule has 0 atom stereocenters. The van der Waals surface area contributed by atoms with E-state index in [-0.39, 0.29) is 6.42 Å². The van der Waals surface area contributed by atoms with Crippen molar-refractivity contribution in [2.75, 3.05) is 7.11 Å². The number of allylic oxidation sites excluding steroid dienone is 2. The predicted molar refractivity (Wildman–Crippen MR) is 90.0 cm³/mol. The van der Waals surface area contributed by atoms with Crippen LogP contribution in [0.5, 0.6) is 5.75 Å². The van der Waals surface area contributed by atoms with Gasteiger partial charge in [0.05, 0.1) is 13.5 Å². The lowest BCUT2D eigenvalue weighted by Gasteiger charge is -2.07. The van der Waals surface area contributed by atoms with Gasteiger partial charge in [-0.15, -0.1) is 0 Å². The van der Waals surface area contributed by atoms with Gasteiger partial charge in [-0.05, 0) is 75.4 Å². The van der Waals surface area contributed by atoms with Gasteiger partial charge >= 0.3 is 5.97 Å². The van der Waals surface area contributed by atoms with Gasteiger partial charge in [0, 0.05) is 0 Å². The average Bonchev–Trinajstić information content (AvgIpc) is 3.09. The number of methoxy groups -OCH3 is 1. The van der Waals surface area contributed by atoms with Gasteiger partial charge in [0.2, 0.25) is 0 Å². The summed E-state index contributed by atoms with van der Waals surface area (Å²) in [5, 5.41) is 13.3. The number of thiophene rings is 1. The van der Waals surface area contributed by atoms with Crippen LogP contribution in [0.3, 0.4) is 0 Å². The summed E-state index contributed by atoms with van der Waals surface area (Å²) in [6, 6.07) is 7.90. The molecular weight excluding hydrogens is 296 g/mol. The number of hydrogen-bond donors (Lipinski definition) is 1. The normalized spacial score (nSPS) is 15.3. The van der Waals surface area contributed by atoms with E-state index < -0.39 is 5.97 Å². The lowest BCUT2D eigenvalue weighted by atomic mass is 10.0. The van der Waals surface area contributed by atoms with Gasteiger partial charge in [0.25, 0.3) is 0 Å². The third kappa shape index (κ3) is 2.57. The van der Waals surface area contributed by atoms with Crippen molar-refractivity contribution < 1.29 is 14.6 Å². The number of benzene rings is 1. The molecule has 1 heterocycles. The third-order valence-corrected chi connectivity index (χ3v) is 4.58. The van der Waals surface area contributed by atoms with Gasteiger partial charge < -0.3 is 9.84 Å². The van der Waals surface area contributed by atoms with Crippen molar-refractivity contribution >= 4 is 34.5 Å². The Morgan fingerprint density at radius 2 is 2.14 bits per heavy atom. The van der Waals surface area contributed by atoms with E-state index in [9.17, 15) is 9.90 Å². The fraction of sp³-hybridized carbons (Fsp3) is 0.167. The second-order valence-corrected chi connectivity index (χ2v) is 5.98. The Hall–Kier alpha value is -2.33. The van der Waals surface area contributed by atoms with Crippen molar-refractivity contribution in [3.8, 4) is 5.75 Å². The van der Waals surface area contributed by atoms with Crippen molar-refractivity contribution in [1.82, 2.24) is 0 Å². The first-order valence-electron chi connectivity index (χ1n) is 6.94. The van der Waals surface area contributed by atoms with E-state index in [2.05, 4.69) is 17.5 Å². The summed E-state index contributed by atoms with van der Waals surface area (Å²) in [5.74, 6) is -0.0777. The van der Waals surface area contributed by atoms with E-state index in [0.29, 0.717) is 0 Å². The molecule has 4 heteroatoms. The molecule has 1 aromatic carbocycles. The maximum absolute atomic E-state index is 11.2.